The van der Waals surface area contributed by atoms with Crippen LogP contribution in [0, 0.1) is 5.82 Å². The fourth-order valence-electron chi connectivity index (χ4n) is 1.51. The van der Waals surface area contributed by atoms with Crippen molar-refractivity contribution >= 4 is 17.4 Å². The summed E-state index contributed by atoms with van der Waals surface area (Å²) in [6.07, 6.45) is 4.37. The lowest BCUT2D eigenvalue weighted by atomic mass is 10.1. The second kappa shape index (κ2) is 5.22. The number of aromatic nitrogens is 2. The lowest BCUT2D eigenvalue weighted by Gasteiger charge is -2.09. The van der Waals surface area contributed by atoms with Gasteiger partial charge in [0.15, 0.2) is 5.82 Å². The maximum atomic E-state index is 13.5. The lowest BCUT2D eigenvalue weighted by molar-refractivity contribution is 0.102. The molecule has 0 saturated heterocycles. The van der Waals surface area contributed by atoms with E-state index in [9.17, 15) is 9.18 Å². The van der Waals surface area contributed by atoms with Crippen LogP contribution in [0.5, 0.6) is 0 Å². The zero-order valence-electron chi connectivity index (χ0n) is 9.64. The molecule has 6 heteroatoms. The van der Waals surface area contributed by atoms with E-state index in [4.69, 9.17) is 0 Å². The van der Waals surface area contributed by atoms with Crippen LogP contribution in [0.25, 0.3) is 0 Å². The van der Waals surface area contributed by atoms with Gasteiger partial charge in [0.25, 0.3) is 5.91 Å². The second-order valence-corrected chi connectivity index (χ2v) is 3.46. The Labute approximate surface area is 103 Å². The molecule has 0 unspecified atom stereocenters. The highest BCUT2D eigenvalue weighted by Gasteiger charge is 2.14. The summed E-state index contributed by atoms with van der Waals surface area (Å²) < 4.78 is 13.5. The molecule has 0 aliphatic rings. The number of nitrogens with zero attached hydrogens (tertiary/aromatic N) is 2. The average Bonchev–Trinajstić information content (AvgIpc) is 2.39. The number of benzene rings is 1. The molecule has 1 heterocycles. The summed E-state index contributed by atoms with van der Waals surface area (Å²) in [4.78, 5) is 19.7. The summed E-state index contributed by atoms with van der Waals surface area (Å²) in [7, 11) is 1.55. The summed E-state index contributed by atoms with van der Waals surface area (Å²) in [5, 5.41) is 5.20. The molecule has 0 aliphatic heterocycles. The van der Waals surface area contributed by atoms with Crippen molar-refractivity contribution in [1.82, 2.24) is 9.97 Å². The number of rotatable bonds is 3. The van der Waals surface area contributed by atoms with Gasteiger partial charge in [-0.15, -0.1) is 0 Å². The van der Waals surface area contributed by atoms with Crippen LogP contribution in [0.15, 0.2) is 36.8 Å². The molecule has 2 N–H and O–H groups in total. The average molecular weight is 246 g/mol. The van der Waals surface area contributed by atoms with Gasteiger partial charge in [0, 0.05) is 19.4 Å². The molecular formula is C12H11FN4O. The number of carbonyl (C=O) groups is 1. The monoisotopic (exact) mass is 246 g/mol. The number of amides is 1. The molecule has 1 aromatic heterocycles. The Kier molecular flexibility index (Phi) is 3.47. The fraction of sp³-hybridized carbons (Fsp3) is 0.0833. The van der Waals surface area contributed by atoms with Crippen LogP contribution in [0.1, 0.15) is 10.4 Å². The van der Waals surface area contributed by atoms with E-state index in [1.165, 1.54) is 36.8 Å². The van der Waals surface area contributed by atoms with Crippen LogP contribution in [0.4, 0.5) is 15.9 Å². The minimum Gasteiger partial charge on any atom is -0.385 e. The van der Waals surface area contributed by atoms with E-state index in [0.29, 0.717) is 5.82 Å². The van der Waals surface area contributed by atoms with Gasteiger partial charge in [0.05, 0.1) is 17.4 Å². The largest absolute Gasteiger partial charge is 0.385 e. The summed E-state index contributed by atoms with van der Waals surface area (Å²) in [5.74, 6) is -0.613. The first-order chi connectivity index (χ1) is 8.72. The normalized spacial score (nSPS) is 9.89. The number of hydrogen-bond donors (Lipinski definition) is 2. The molecule has 0 saturated carbocycles. The molecule has 92 valence electrons. The highest BCUT2D eigenvalue weighted by Crippen LogP contribution is 2.19. The van der Waals surface area contributed by atoms with Gasteiger partial charge in [-0.05, 0) is 12.1 Å². The number of para-hydroxylation sites is 1. The van der Waals surface area contributed by atoms with Crippen molar-refractivity contribution in [3.05, 3.63) is 48.2 Å². The number of nitrogens with one attached hydrogen (secondary N) is 2. The summed E-state index contributed by atoms with van der Waals surface area (Å²) in [6.45, 7) is 0. The fourth-order valence-corrected chi connectivity index (χ4v) is 1.51. The second-order valence-electron chi connectivity index (χ2n) is 3.46. The van der Waals surface area contributed by atoms with Gasteiger partial charge >= 0.3 is 0 Å². The Hall–Kier alpha value is -2.50. The highest BCUT2D eigenvalue weighted by atomic mass is 19.1. The smallest absolute Gasteiger partial charge is 0.259 e. The van der Waals surface area contributed by atoms with Crippen LogP contribution >= 0.6 is 0 Å². The number of anilines is 2. The van der Waals surface area contributed by atoms with Gasteiger partial charge in [0.2, 0.25) is 0 Å². The molecule has 1 amide bonds. The molecule has 18 heavy (non-hydrogen) atoms. The van der Waals surface area contributed by atoms with Gasteiger partial charge in [-0.25, -0.2) is 9.37 Å². The van der Waals surface area contributed by atoms with Crippen molar-refractivity contribution < 1.29 is 9.18 Å². The van der Waals surface area contributed by atoms with Crippen molar-refractivity contribution in [1.29, 1.82) is 0 Å². The van der Waals surface area contributed by atoms with Crippen LogP contribution in [-0.4, -0.2) is 22.9 Å². The highest BCUT2D eigenvalue weighted by molar-refractivity contribution is 6.07. The Bertz CT molecular complexity index is 559. The number of halogens is 1. The van der Waals surface area contributed by atoms with E-state index >= 15 is 0 Å². The first kappa shape index (κ1) is 12.0. The Morgan fingerprint density at radius 2 is 2.17 bits per heavy atom. The third-order valence-corrected chi connectivity index (χ3v) is 2.31. The molecule has 2 aromatic rings. The van der Waals surface area contributed by atoms with E-state index in [1.807, 2.05) is 0 Å². The summed E-state index contributed by atoms with van der Waals surface area (Å²) in [6, 6.07) is 4.29. The Morgan fingerprint density at radius 1 is 1.33 bits per heavy atom. The van der Waals surface area contributed by atoms with E-state index in [1.54, 1.807) is 7.05 Å². The molecule has 1 aromatic carbocycles. The molecule has 0 radical (unpaired) electrons. The third-order valence-electron chi connectivity index (χ3n) is 2.31. The zero-order valence-corrected chi connectivity index (χ0v) is 9.64. The van der Waals surface area contributed by atoms with Gasteiger partial charge in [-0.1, -0.05) is 6.07 Å². The summed E-state index contributed by atoms with van der Waals surface area (Å²) in [5.41, 5.74) is 0.363. The minimum atomic E-state index is -0.482. The van der Waals surface area contributed by atoms with Crippen LogP contribution in [0.3, 0.4) is 0 Å². The quantitative estimate of drug-likeness (QED) is 0.868. The maximum absolute atomic E-state index is 13.5. The van der Waals surface area contributed by atoms with Crippen molar-refractivity contribution in [3.8, 4) is 0 Å². The molecule has 0 aliphatic carbocycles. The Morgan fingerprint density at radius 3 is 2.83 bits per heavy atom. The molecule has 0 spiro atoms. The van der Waals surface area contributed by atoms with Crippen molar-refractivity contribution in [2.24, 2.45) is 0 Å². The van der Waals surface area contributed by atoms with Crippen molar-refractivity contribution in [2.75, 3.05) is 17.7 Å². The molecule has 0 atom stereocenters. The molecule has 0 bridgehead atoms. The lowest BCUT2D eigenvalue weighted by Crippen LogP contribution is -2.15. The molecule has 5 nitrogen and oxygen atoms in total. The number of carbonyl (C=O) groups excluding carboxylic acids is 1. The van der Waals surface area contributed by atoms with Crippen molar-refractivity contribution in [3.63, 3.8) is 0 Å². The standard InChI is InChI=1S/C12H11FN4O/c1-14-11-8(3-2-4-9(11)13)12(18)17-10-7-15-5-6-16-10/h2-7,14H,1H3,(H,16,17,18). The molecule has 0 fully saturated rings. The van der Waals surface area contributed by atoms with Crippen molar-refractivity contribution in [2.45, 2.75) is 0 Å². The molecular weight excluding hydrogens is 235 g/mol. The first-order valence-electron chi connectivity index (χ1n) is 5.26. The predicted octanol–water partition coefficient (Wildman–Crippen LogP) is 1.91. The first-order valence-corrected chi connectivity index (χ1v) is 5.26. The maximum Gasteiger partial charge on any atom is 0.259 e. The third kappa shape index (κ3) is 2.42. The van der Waals surface area contributed by atoms with E-state index in [2.05, 4.69) is 20.6 Å². The SMILES string of the molecule is CNc1c(F)cccc1C(=O)Nc1cnccn1. The zero-order chi connectivity index (χ0) is 13.0. The molecule has 2 rings (SSSR count). The van der Waals surface area contributed by atoms with Crippen LogP contribution in [-0.2, 0) is 0 Å². The number of hydrogen-bond acceptors (Lipinski definition) is 4. The predicted molar refractivity (Wildman–Crippen MR) is 65.9 cm³/mol. The van der Waals surface area contributed by atoms with E-state index in [0.717, 1.165) is 0 Å². The van der Waals surface area contributed by atoms with E-state index < -0.39 is 11.7 Å². The van der Waals surface area contributed by atoms with Gasteiger partial charge in [0.1, 0.15) is 5.82 Å². The summed E-state index contributed by atoms with van der Waals surface area (Å²) >= 11 is 0. The van der Waals surface area contributed by atoms with E-state index in [-0.39, 0.29) is 11.3 Å². The van der Waals surface area contributed by atoms with Crippen LogP contribution < -0.4 is 10.6 Å². The van der Waals surface area contributed by atoms with Gasteiger partial charge in [-0.2, -0.15) is 0 Å². The van der Waals surface area contributed by atoms with Gasteiger partial charge in [-0.3, -0.25) is 9.78 Å². The topological polar surface area (TPSA) is 66.9 Å². The Balaban J connectivity index is 2.27. The minimum absolute atomic E-state index is 0.152. The van der Waals surface area contributed by atoms with Crippen LogP contribution in [0.2, 0.25) is 0 Å². The van der Waals surface area contributed by atoms with Gasteiger partial charge < -0.3 is 10.6 Å².